The van der Waals surface area contributed by atoms with E-state index in [0.29, 0.717) is 0 Å². The van der Waals surface area contributed by atoms with E-state index in [1.165, 1.54) is 6.07 Å². The normalized spacial score (nSPS) is 12.8. The average Bonchev–Trinajstić information content (AvgIpc) is 2.52. The Kier molecular flexibility index (Phi) is 3.00. The molecule has 0 saturated heterocycles. The molecule has 0 aliphatic rings. The number of hydrogen-bond donors (Lipinski definition) is 0. The van der Waals surface area contributed by atoms with E-state index in [4.69, 9.17) is 0 Å². The molecule has 0 spiro atoms. The quantitative estimate of drug-likeness (QED) is 0.530. The Bertz CT molecular complexity index is 295. The maximum Gasteiger partial charge on any atom is 0.389 e. The first-order valence-corrected chi connectivity index (χ1v) is 4.34. The van der Waals surface area contributed by atoms with Crippen LogP contribution in [0.5, 0.6) is 0 Å². The van der Waals surface area contributed by atoms with Crippen LogP contribution in [0, 0.1) is 10.1 Å². The predicted octanol–water partition coefficient (Wildman–Crippen LogP) is 2.15. The zero-order chi connectivity index (χ0) is 9.84. The van der Waals surface area contributed by atoms with Crippen molar-refractivity contribution < 1.29 is 4.92 Å². The molecule has 0 unspecified atom stereocenters. The maximum atomic E-state index is 10.3. The van der Waals surface area contributed by atoms with Crippen LogP contribution in [-0.2, 0) is 0 Å². The molecule has 0 N–H and O–H groups in total. The molecule has 1 heterocycles. The zero-order valence-corrected chi connectivity index (χ0v) is 7.80. The molecule has 5 heteroatoms. The molecule has 0 fully saturated rings. The highest BCUT2D eigenvalue weighted by Gasteiger charge is 2.14. The molecular formula is C8H13N3O2. The van der Waals surface area contributed by atoms with Crippen molar-refractivity contribution in [3.05, 3.63) is 22.4 Å². The Morgan fingerprint density at radius 3 is 2.92 bits per heavy atom. The molecule has 72 valence electrons. The van der Waals surface area contributed by atoms with Gasteiger partial charge < -0.3 is 10.1 Å². The van der Waals surface area contributed by atoms with Crippen molar-refractivity contribution in [3.63, 3.8) is 0 Å². The molecule has 1 aromatic rings. The Balaban J connectivity index is 2.73. The fraction of sp³-hybridized carbons (Fsp3) is 0.625. The molecule has 0 aromatic carbocycles. The summed E-state index contributed by atoms with van der Waals surface area (Å²) < 4.78 is 1.64. The molecule has 0 bridgehead atoms. The van der Waals surface area contributed by atoms with Gasteiger partial charge in [0.25, 0.3) is 0 Å². The van der Waals surface area contributed by atoms with Crippen LogP contribution >= 0.6 is 0 Å². The minimum atomic E-state index is -0.477. The van der Waals surface area contributed by atoms with E-state index in [2.05, 4.69) is 12.0 Å². The van der Waals surface area contributed by atoms with E-state index in [0.717, 1.165) is 12.8 Å². The zero-order valence-electron chi connectivity index (χ0n) is 7.80. The van der Waals surface area contributed by atoms with Gasteiger partial charge in [-0.05, 0) is 18.3 Å². The fourth-order valence-electron chi connectivity index (χ4n) is 1.22. The lowest BCUT2D eigenvalue weighted by molar-refractivity contribution is -0.389. The Hall–Kier alpha value is -1.39. The topological polar surface area (TPSA) is 61.0 Å². The summed E-state index contributed by atoms with van der Waals surface area (Å²) in [4.78, 5) is 9.85. The Labute approximate surface area is 76.5 Å². The van der Waals surface area contributed by atoms with Gasteiger partial charge in [-0.1, -0.05) is 13.3 Å². The smallest absolute Gasteiger partial charge is 0.358 e. The van der Waals surface area contributed by atoms with Crippen molar-refractivity contribution in [3.8, 4) is 0 Å². The van der Waals surface area contributed by atoms with Crippen LogP contribution in [0.4, 0.5) is 5.82 Å². The van der Waals surface area contributed by atoms with Crippen molar-refractivity contribution in [1.29, 1.82) is 0 Å². The van der Waals surface area contributed by atoms with E-state index in [9.17, 15) is 10.1 Å². The van der Waals surface area contributed by atoms with E-state index in [1.54, 1.807) is 10.9 Å². The summed E-state index contributed by atoms with van der Waals surface area (Å²) in [5.74, 6) is -0.0806. The van der Waals surface area contributed by atoms with Gasteiger partial charge in [0.15, 0.2) is 0 Å². The molecule has 0 aliphatic carbocycles. The SMILES string of the molecule is CCC[C@H](C)n1ccc([N+](=O)[O-])n1. The van der Waals surface area contributed by atoms with Crippen LogP contribution in [0.3, 0.4) is 0 Å². The summed E-state index contributed by atoms with van der Waals surface area (Å²) >= 11 is 0. The van der Waals surface area contributed by atoms with Crippen molar-refractivity contribution in [2.24, 2.45) is 0 Å². The first-order valence-electron chi connectivity index (χ1n) is 4.34. The van der Waals surface area contributed by atoms with E-state index < -0.39 is 4.92 Å². The first-order chi connectivity index (χ1) is 6.15. The van der Waals surface area contributed by atoms with Crippen molar-refractivity contribution in [1.82, 2.24) is 9.78 Å². The lowest BCUT2D eigenvalue weighted by Gasteiger charge is -2.04. The standard InChI is InChI=1S/C8H13N3O2/c1-3-4-7(2)10-6-5-8(9-10)11(12)13/h5-7H,3-4H2,1-2H3/t7-/m0/s1. The van der Waals surface area contributed by atoms with Gasteiger partial charge in [0, 0.05) is 0 Å². The van der Waals surface area contributed by atoms with Crippen molar-refractivity contribution >= 4 is 5.82 Å². The molecule has 0 amide bonds. The highest BCUT2D eigenvalue weighted by atomic mass is 16.6. The predicted molar refractivity (Wildman–Crippen MR) is 48.5 cm³/mol. The molecule has 1 rings (SSSR count). The number of rotatable bonds is 4. The minimum absolute atomic E-state index is 0.0806. The lowest BCUT2D eigenvalue weighted by Crippen LogP contribution is -2.05. The van der Waals surface area contributed by atoms with E-state index in [-0.39, 0.29) is 11.9 Å². The second-order valence-electron chi connectivity index (χ2n) is 3.05. The fourth-order valence-corrected chi connectivity index (χ4v) is 1.22. The largest absolute Gasteiger partial charge is 0.389 e. The second-order valence-corrected chi connectivity index (χ2v) is 3.05. The van der Waals surface area contributed by atoms with Crippen molar-refractivity contribution in [2.75, 3.05) is 0 Å². The first kappa shape index (κ1) is 9.70. The second kappa shape index (κ2) is 4.02. The molecule has 5 nitrogen and oxygen atoms in total. The molecule has 13 heavy (non-hydrogen) atoms. The number of hydrogen-bond acceptors (Lipinski definition) is 3. The molecular weight excluding hydrogens is 170 g/mol. The number of aromatic nitrogens is 2. The van der Waals surface area contributed by atoms with Gasteiger partial charge in [-0.2, -0.15) is 4.68 Å². The number of nitrogens with zero attached hydrogens (tertiary/aromatic N) is 3. The highest BCUT2D eigenvalue weighted by molar-refractivity contribution is 5.14. The number of nitro groups is 1. The summed E-state index contributed by atoms with van der Waals surface area (Å²) in [5, 5.41) is 14.2. The van der Waals surface area contributed by atoms with Crippen LogP contribution in [0.2, 0.25) is 0 Å². The Morgan fingerprint density at radius 1 is 1.77 bits per heavy atom. The molecule has 0 radical (unpaired) electrons. The van der Waals surface area contributed by atoms with Gasteiger partial charge in [-0.15, -0.1) is 0 Å². The molecule has 0 aliphatic heterocycles. The molecule has 0 saturated carbocycles. The highest BCUT2D eigenvalue weighted by Crippen LogP contribution is 2.14. The Morgan fingerprint density at radius 2 is 2.46 bits per heavy atom. The van der Waals surface area contributed by atoms with Crippen LogP contribution in [0.25, 0.3) is 0 Å². The van der Waals surface area contributed by atoms with E-state index >= 15 is 0 Å². The van der Waals surface area contributed by atoms with Crippen LogP contribution < -0.4 is 0 Å². The van der Waals surface area contributed by atoms with Gasteiger partial charge in [-0.25, -0.2) is 0 Å². The summed E-state index contributed by atoms with van der Waals surface area (Å²) in [6.07, 6.45) is 3.69. The third-order valence-corrected chi connectivity index (χ3v) is 1.94. The molecule has 1 aromatic heterocycles. The minimum Gasteiger partial charge on any atom is -0.358 e. The van der Waals surface area contributed by atoms with Crippen LogP contribution in [0.15, 0.2) is 12.3 Å². The summed E-state index contributed by atoms with van der Waals surface area (Å²) in [6, 6.07) is 1.66. The third kappa shape index (κ3) is 2.27. The third-order valence-electron chi connectivity index (χ3n) is 1.94. The summed E-state index contributed by atoms with van der Waals surface area (Å²) in [6.45, 7) is 4.08. The maximum absolute atomic E-state index is 10.3. The van der Waals surface area contributed by atoms with Gasteiger partial charge >= 0.3 is 5.82 Å². The van der Waals surface area contributed by atoms with Crippen LogP contribution in [-0.4, -0.2) is 14.7 Å². The van der Waals surface area contributed by atoms with Gasteiger partial charge in [0.2, 0.25) is 0 Å². The van der Waals surface area contributed by atoms with Gasteiger partial charge in [0.05, 0.1) is 23.4 Å². The van der Waals surface area contributed by atoms with Gasteiger partial charge in [-0.3, -0.25) is 0 Å². The average molecular weight is 183 g/mol. The monoisotopic (exact) mass is 183 g/mol. The lowest BCUT2D eigenvalue weighted by atomic mass is 10.2. The van der Waals surface area contributed by atoms with E-state index in [1.807, 2.05) is 6.92 Å². The summed E-state index contributed by atoms with van der Waals surface area (Å²) in [5.41, 5.74) is 0. The summed E-state index contributed by atoms with van der Waals surface area (Å²) in [7, 11) is 0. The molecule has 1 atom stereocenters. The van der Waals surface area contributed by atoms with Crippen LogP contribution in [0.1, 0.15) is 32.7 Å². The van der Waals surface area contributed by atoms with Gasteiger partial charge in [0.1, 0.15) is 0 Å². The van der Waals surface area contributed by atoms with Crippen molar-refractivity contribution in [2.45, 2.75) is 32.7 Å².